The van der Waals surface area contributed by atoms with Crippen LogP contribution in [0.4, 0.5) is 18.9 Å². The number of anilines is 1. The van der Waals surface area contributed by atoms with E-state index >= 15 is 0 Å². The minimum Gasteiger partial charge on any atom is -0.478 e. The Morgan fingerprint density at radius 3 is 2.44 bits per heavy atom. The Hall–Kier alpha value is -3.44. The van der Waals surface area contributed by atoms with Gasteiger partial charge in [0, 0.05) is 12.3 Å². The van der Waals surface area contributed by atoms with E-state index in [1.54, 1.807) is 6.07 Å². The number of halogens is 3. The average Bonchev–Trinajstić information content (AvgIpc) is 3.32. The highest BCUT2D eigenvalue weighted by Gasteiger charge is 2.34. The number of nitrogens with zero attached hydrogens (tertiary/aromatic N) is 2. The number of pyridine rings is 1. The summed E-state index contributed by atoms with van der Waals surface area (Å²) in [6, 6.07) is 10.9. The van der Waals surface area contributed by atoms with Crippen molar-refractivity contribution in [2.75, 3.05) is 4.90 Å². The van der Waals surface area contributed by atoms with Gasteiger partial charge in [-0.15, -0.1) is 0 Å². The number of thioether (sulfide) groups is 1. The SMILES string of the molecule is O=C(O)c1ccc(N2C(=O)C(=Cc3ccc(-c4ccc(C(F)(F)F)cn4)o3)SC2=S)cc1. The van der Waals surface area contributed by atoms with Gasteiger partial charge in [0.25, 0.3) is 5.91 Å². The molecular weight excluding hydrogens is 465 g/mol. The van der Waals surface area contributed by atoms with Gasteiger partial charge in [-0.25, -0.2) is 4.79 Å². The summed E-state index contributed by atoms with van der Waals surface area (Å²) in [5.41, 5.74) is -0.151. The lowest BCUT2D eigenvalue weighted by molar-refractivity contribution is -0.137. The first-order valence-electron chi connectivity index (χ1n) is 8.88. The summed E-state index contributed by atoms with van der Waals surface area (Å²) in [7, 11) is 0. The van der Waals surface area contributed by atoms with E-state index in [1.807, 2.05) is 0 Å². The van der Waals surface area contributed by atoms with Crippen molar-refractivity contribution >= 4 is 51.9 Å². The number of furan rings is 1. The zero-order valence-corrected chi connectivity index (χ0v) is 17.4. The zero-order chi connectivity index (χ0) is 23.0. The van der Waals surface area contributed by atoms with Crippen LogP contribution in [-0.2, 0) is 11.0 Å². The van der Waals surface area contributed by atoms with Crippen LogP contribution >= 0.6 is 24.0 Å². The van der Waals surface area contributed by atoms with Crippen molar-refractivity contribution in [3.8, 4) is 11.5 Å². The molecule has 1 aromatic carbocycles. The topological polar surface area (TPSA) is 83.6 Å². The number of carbonyl (C=O) groups excluding carboxylic acids is 1. The Morgan fingerprint density at radius 1 is 1.12 bits per heavy atom. The van der Waals surface area contributed by atoms with Crippen LogP contribution in [0, 0.1) is 0 Å². The molecule has 2 aromatic heterocycles. The number of amides is 1. The van der Waals surface area contributed by atoms with Gasteiger partial charge < -0.3 is 9.52 Å². The van der Waals surface area contributed by atoms with Crippen molar-refractivity contribution in [3.63, 3.8) is 0 Å². The van der Waals surface area contributed by atoms with Crippen molar-refractivity contribution in [1.29, 1.82) is 0 Å². The van der Waals surface area contributed by atoms with Crippen molar-refractivity contribution in [2.45, 2.75) is 6.18 Å². The molecule has 1 aliphatic heterocycles. The summed E-state index contributed by atoms with van der Waals surface area (Å²) >= 11 is 6.32. The number of aromatic carboxylic acids is 1. The van der Waals surface area contributed by atoms with Gasteiger partial charge in [0.05, 0.1) is 21.7 Å². The number of hydrogen-bond donors (Lipinski definition) is 1. The number of carboxylic acid groups (broad SMARTS) is 1. The molecule has 0 bridgehead atoms. The number of thiocarbonyl (C=S) groups is 1. The highest BCUT2D eigenvalue weighted by Crippen LogP contribution is 2.37. The predicted octanol–water partition coefficient (Wildman–Crippen LogP) is 5.46. The van der Waals surface area contributed by atoms with E-state index in [0.29, 0.717) is 11.4 Å². The van der Waals surface area contributed by atoms with E-state index in [1.165, 1.54) is 47.4 Å². The zero-order valence-electron chi connectivity index (χ0n) is 15.8. The molecule has 0 unspecified atom stereocenters. The number of hydrogen-bond acceptors (Lipinski definition) is 6. The van der Waals surface area contributed by atoms with Gasteiger partial charge in [0.1, 0.15) is 11.5 Å². The van der Waals surface area contributed by atoms with E-state index in [0.717, 1.165) is 24.0 Å². The fourth-order valence-corrected chi connectivity index (χ4v) is 4.13. The van der Waals surface area contributed by atoms with Crippen LogP contribution < -0.4 is 4.90 Å². The molecule has 32 heavy (non-hydrogen) atoms. The predicted molar refractivity (Wildman–Crippen MR) is 116 cm³/mol. The van der Waals surface area contributed by atoms with Gasteiger partial charge in [-0.05, 0) is 48.5 Å². The molecule has 0 saturated carbocycles. The van der Waals surface area contributed by atoms with Crippen LogP contribution in [0.2, 0.25) is 0 Å². The summed E-state index contributed by atoms with van der Waals surface area (Å²) < 4.78 is 43.9. The minimum absolute atomic E-state index is 0.0784. The first-order valence-corrected chi connectivity index (χ1v) is 10.1. The second-order valence-corrected chi connectivity index (χ2v) is 8.18. The number of carbonyl (C=O) groups is 2. The smallest absolute Gasteiger partial charge is 0.417 e. The Bertz CT molecular complexity index is 1250. The van der Waals surface area contributed by atoms with Crippen LogP contribution in [0.15, 0.2) is 64.1 Å². The van der Waals surface area contributed by atoms with E-state index in [-0.39, 0.29) is 26.2 Å². The number of rotatable bonds is 4. The van der Waals surface area contributed by atoms with Gasteiger partial charge in [0.2, 0.25) is 0 Å². The van der Waals surface area contributed by atoms with Gasteiger partial charge in [-0.2, -0.15) is 13.2 Å². The number of aromatic nitrogens is 1. The Morgan fingerprint density at radius 2 is 1.84 bits per heavy atom. The van der Waals surface area contributed by atoms with Gasteiger partial charge >= 0.3 is 12.1 Å². The lowest BCUT2D eigenvalue weighted by Crippen LogP contribution is -2.27. The number of alkyl halides is 3. The molecular formula is C21H11F3N2O4S2. The third-order valence-corrected chi connectivity index (χ3v) is 5.71. The lowest BCUT2D eigenvalue weighted by atomic mass is 10.2. The van der Waals surface area contributed by atoms with Crippen LogP contribution in [0.1, 0.15) is 21.7 Å². The molecule has 162 valence electrons. The van der Waals surface area contributed by atoms with E-state index < -0.39 is 23.6 Å². The maximum atomic E-state index is 12.8. The molecule has 4 rings (SSSR count). The maximum Gasteiger partial charge on any atom is 0.417 e. The fourth-order valence-electron chi connectivity index (χ4n) is 2.85. The Labute approximate surface area is 188 Å². The normalized spacial score (nSPS) is 15.6. The van der Waals surface area contributed by atoms with Gasteiger partial charge in [0.15, 0.2) is 10.1 Å². The monoisotopic (exact) mass is 476 g/mol. The third-order valence-electron chi connectivity index (χ3n) is 4.41. The Kier molecular flexibility index (Phi) is 5.61. The lowest BCUT2D eigenvalue weighted by Gasteiger charge is -2.14. The highest BCUT2D eigenvalue weighted by molar-refractivity contribution is 8.27. The third kappa shape index (κ3) is 4.30. The van der Waals surface area contributed by atoms with E-state index in [4.69, 9.17) is 21.7 Å². The quantitative estimate of drug-likeness (QED) is 0.395. The van der Waals surface area contributed by atoms with Crippen LogP contribution in [0.25, 0.3) is 17.5 Å². The Balaban J connectivity index is 1.55. The van der Waals surface area contributed by atoms with Gasteiger partial charge in [-0.3, -0.25) is 14.7 Å². The molecule has 0 aliphatic carbocycles. The molecule has 1 saturated heterocycles. The van der Waals surface area contributed by atoms with Crippen molar-refractivity contribution < 1.29 is 32.3 Å². The average molecular weight is 476 g/mol. The number of benzene rings is 1. The highest BCUT2D eigenvalue weighted by atomic mass is 32.2. The van der Waals surface area contributed by atoms with Crippen LogP contribution in [0.5, 0.6) is 0 Å². The standard InChI is InChI=1S/C21H11F3N2O4S2/c22-21(23,24)12-3-7-15(25-10-12)16-8-6-14(30-16)9-17-18(27)26(20(31)32-17)13-4-1-11(2-5-13)19(28)29/h1-10H,(H,28,29). The summed E-state index contributed by atoms with van der Waals surface area (Å²) in [6.07, 6.45) is -2.29. The fraction of sp³-hybridized carbons (Fsp3) is 0.0476. The summed E-state index contributed by atoms with van der Waals surface area (Å²) in [5, 5.41) is 9.00. The molecule has 1 amide bonds. The second-order valence-electron chi connectivity index (χ2n) is 6.50. The largest absolute Gasteiger partial charge is 0.478 e. The van der Waals surface area contributed by atoms with E-state index in [2.05, 4.69) is 4.98 Å². The van der Waals surface area contributed by atoms with Crippen molar-refractivity contribution in [3.05, 3.63) is 76.5 Å². The van der Waals surface area contributed by atoms with E-state index in [9.17, 15) is 22.8 Å². The molecule has 1 fully saturated rings. The van der Waals surface area contributed by atoms with Crippen LogP contribution in [-0.4, -0.2) is 26.3 Å². The molecule has 3 aromatic rings. The molecule has 3 heterocycles. The summed E-state index contributed by atoms with van der Waals surface area (Å²) in [5.74, 6) is -0.959. The van der Waals surface area contributed by atoms with Crippen LogP contribution in [0.3, 0.4) is 0 Å². The summed E-state index contributed by atoms with van der Waals surface area (Å²) in [4.78, 5) is 29.2. The first-order chi connectivity index (χ1) is 15.1. The van der Waals surface area contributed by atoms with Crippen molar-refractivity contribution in [2.24, 2.45) is 0 Å². The second kappa shape index (κ2) is 8.24. The van der Waals surface area contributed by atoms with Crippen molar-refractivity contribution in [1.82, 2.24) is 4.98 Å². The minimum atomic E-state index is -4.48. The molecule has 6 nitrogen and oxygen atoms in total. The summed E-state index contributed by atoms with van der Waals surface area (Å²) in [6.45, 7) is 0. The molecule has 11 heteroatoms. The molecule has 1 aliphatic rings. The maximum absolute atomic E-state index is 12.8. The first kappa shape index (κ1) is 21.8. The number of carboxylic acids is 1. The molecule has 0 spiro atoms. The molecule has 0 radical (unpaired) electrons. The van der Waals surface area contributed by atoms with Gasteiger partial charge in [-0.1, -0.05) is 24.0 Å². The molecule has 0 atom stereocenters. The molecule has 1 N–H and O–H groups in total.